The van der Waals surface area contributed by atoms with Gasteiger partial charge in [-0.25, -0.2) is 4.98 Å². The van der Waals surface area contributed by atoms with Crippen molar-refractivity contribution in [2.75, 3.05) is 0 Å². The van der Waals surface area contributed by atoms with Crippen LogP contribution in [-0.2, 0) is 16.2 Å². The maximum absolute atomic E-state index is 9.26. The molecule has 0 saturated carbocycles. The third kappa shape index (κ3) is 8.60. The lowest BCUT2D eigenvalue weighted by Crippen LogP contribution is -2.31. The van der Waals surface area contributed by atoms with E-state index in [1.165, 1.54) is 11.1 Å². The highest BCUT2D eigenvalue weighted by molar-refractivity contribution is 6.09. The van der Waals surface area contributed by atoms with Gasteiger partial charge in [0, 0.05) is 23.0 Å². The van der Waals surface area contributed by atoms with E-state index in [4.69, 9.17) is 13.8 Å². The second-order valence-corrected chi connectivity index (χ2v) is 21.6. The van der Waals surface area contributed by atoms with Crippen molar-refractivity contribution >= 4 is 32.8 Å². The SMILES string of the molecule is [2H]c1c([2H])c([2H])c(-c2cccc(-c3cccc(C(C)(C)C)c3)c2-[n+]2[c-]n(-c3cccc(Oc4ccc5c6ccccc6n(-c6cc(C(C)(C)C)ccn6)c5c4)c3)c3cc(-c4ccc(C(C)(C)C)cc4)ccc32)c([2H])c1[2H]. The Kier molecular flexibility index (Phi) is 9.77. The highest BCUT2D eigenvalue weighted by Crippen LogP contribution is 2.39. The summed E-state index contributed by atoms with van der Waals surface area (Å²) >= 11 is 0. The lowest BCUT2D eigenvalue weighted by molar-refractivity contribution is -0.571. The first-order chi connectivity index (χ1) is 36.2. The van der Waals surface area contributed by atoms with Crippen LogP contribution < -0.4 is 9.30 Å². The van der Waals surface area contributed by atoms with Gasteiger partial charge in [0.1, 0.15) is 17.3 Å². The van der Waals surface area contributed by atoms with Crippen LogP contribution in [0.2, 0.25) is 0 Å². The molecule has 8 aromatic carbocycles. The second-order valence-electron chi connectivity index (χ2n) is 21.6. The van der Waals surface area contributed by atoms with Gasteiger partial charge < -0.3 is 4.74 Å². The van der Waals surface area contributed by atoms with E-state index >= 15 is 0 Å². The molecule has 0 spiro atoms. The fourth-order valence-corrected chi connectivity index (χ4v) is 9.66. The highest BCUT2D eigenvalue weighted by Gasteiger charge is 2.23. The summed E-state index contributed by atoms with van der Waals surface area (Å²) in [4.78, 5) is 4.89. The van der Waals surface area contributed by atoms with E-state index in [1.807, 2.05) is 63.9 Å². The number of fused-ring (bicyclic) bond motifs is 4. The lowest BCUT2D eigenvalue weighted by atomic mass is 9.85. The number of ether oxygens (including phenoxy) is 1. The maximum atomic E-state index is 9.26. The van der Waals surface area contributed by atoms with E-state index in [1.54, 1.807) is 0 Å². The number of rotatable bonds is 8. The van der Waals surface area contributed by atoms with Gasteiger partial charge in [0.05, 0.1) is 40.3 Å². The predicted octanol–water partition coefficient (Wildman–Crippen LogP) is 16.9. The first-order valence-electron chi connectivity index (χ1n) is 26.9. The number of benzene rings is 8. The molecule has 0 bridgehead atoms. The Balaban J connectivity index is 1.12. The first kappa shape index (κ1) is 39.8. The fraction of sp³-hybridized carbons (Fsp3) is 0.182. The van der Waals surface area contributed by atoms with Crippen LogP contribution in [0.3, 0.4) is 0 Å². The molecule has 0 fully saturated rings. The van der Waals surface area contributed by atoms with Gasteiger partial charge in [-0.05, 0) is 121 Å². The molecule has 5 heteroatoms. The number of pyridine rings is 1. The van der Waals surface area contributed by atoms with Crippen LogP contribution in [0.4, 0.5) is 0 Å². The van der Waals surface area contributed by atoms with Crippen LogP contribution >= 0.6 is 0 Å². The molecule has 0 atom stereocenters. The molecule has 5 nitrogen and oxygen atoms in total. The summed E-state index contributed by atoms with van der Waals surface area (Å²) in [6.07, 6.45) is 5.65. The van der Waals surface area contributed by atoms with Crippen molar-refractivity contribution in [3.05, 3.63) is 223 Å². The van der Waals surface area contributed by atoms with Crippen LogP contribution in [0.1, 0.15) is 85.9 Å². The van der Waals surface area contributed by atoms with Crippen LogP contribution in [0.5, 0.6) is 11.5 Å². The second kappa shape index (κ2) is 17.4. The minimum absolute atomic E-state index is 0.0119. The average Bonchev–Trinajstić information content (AvgIpc) is 4.02. The smallest absolute Gasteiger partial charge is 0.269 e. The van der Waals surface area contributed by atoms with Crippen molar-refractivity contribution in [1.82, 2.24) is 14.1 Å². The molecule has 11 aromatic rings. The third-order valence-corrected chi connectivity index (χ3v) is 13.6. The van der Waals surface area contributed by atoms with Gasteiger partial charge in [-0.3, -0.25) is 13.7 Å². The molecule has 0 unspecified atom stereocenters. The summed E-state index contributed by atoms with van der Waals surface area (Å²) in [6, 6.07) is 54.3. The van der Waals surface area contributed by atoms with Gasteiger partial charge >= 0.3 is 0 Å². The number of aromatic nitrogens is 4. The molecular formula is C66H60N4O. The Morgan fingerprint density at radius 3 is 1.92 bits per heavy atom. The molecule has 0 amide bonds. The van der Waals surface area contributed by atoms with Gasteiger partial charge in [-0.2, -0.15) is 0 Å². The van der Waals surface area contributed by atoms with E-state index < -0.39 is 18.1 Å². The monoisotopic (exact) mass is 930 g/mol. The molecule has 0 radical (unpaired) electrons. The molecule has 350 valence electrons. The van der Waals surface area contributed by atoms with Crippen molar-refractivity contribution in [1.29, 1.82) is 0 Å². The fourth-order valence-electron chi connectivity index (χ4n) is 9.66. The standard InChI is InChI=1S/C66H60N4O/c1-64(2,3)48-31-28-44(29-32-48)46-30-35-59-61(39-46)68(43-69(59)63-54(45-18-11-10-12-19-45)25-17-26-55(63)47-20-15-21-49(38-47)65(4,5)6)51-22-16-23-52(41-51)71-53-33-34-57-56-24-13-14-27-58(56)70(60(57)42-53)62-40-50(36-37-67-62)66(7,8)9/h10-42H,1-9H3/i10D,11D,12D,18D,19D. The topological polar surface area (TPSA) is 35.9 Å². The van der Waals surface area contributed by atoms with E-state index in [0.29, 0.717) is 22.7 Å². The molecule has 71 heavy (non-hydrogen) atoms. The zero-order chi connectivity index (χ0) is 53.6. The molecule has 11 rings (SSSR count). The lowest BCUT2D eigenvalue weighted by Gasteiger charge is -2.21. The van der Waals surface area contributed by atoms with Gasteiger partial charge in [-0.15, -0.1) is 0 Å². The number of hydrogen-bond acceptors (Lipinski definition) is 2. The van der Waals surface area contributed by atoms with Crippen LogP contribution in [0, 0.1) is 6.33 Å². The van der Waals surface area contributed by atoms with E-state index in [2.05, 4.69) is 188 Å². The van der Waals surface area contributed by atoms with Gasteiger partial charge in [0.2, 0.25) is 0 Å². The molecule has 0 aliphatic rings. The van der Waals surface area contributed by atoms with Crippen molar-refractivity contribution in [3.63, 3.8) is 0 Å². The summed E-state index contributed by atoms with van der Waals surface area (Å²) < 4.78 is 57.6. The summed E-state index contributed by atoms with van der Waals surface area (Å²) in [5.41, 5.74) is 12.7. The van der Waals surface area contributed by atoms with E-state index in [9.17, 15) is 2.74 Å². The average molecular weight is 930 g/mol. The number of imidazole rings is 1. The zero-order valence-corrected chi connectivity index (χ0v) is 41.9. The molecular weight excluding hydrogens is 865 g/mol. The quantitative estimate of drug-likeness (QED) is 0.112. The number of nitrogens with zero attached hydrogens (tertiary/aromatic N) is 4. The predicted molar refractivity (Wildman–Crippen MR) is 295 cm³/mol. The van der Waals surface area contributed by atoms with Crippen LogP contribution in [0.15, 0.2) is 200 Å². The normalized spacial score (nSPS) is 13.3. The largest absolute Gasteiger partial charge is 0.458 e. The number of para-hydroxylation sites is 2. The Bertz CT molecular complexity index is 4060. The number of hydrogen-bond donors (Lipinski definition) is 0. The van der Waals surface area contributed by atoms with Crippen molar-refractivity contribution in [2.24, 2.45) is 0 Å². The highest BCUT2D eigenvalue weighted by atomic mass is 16.5. The molecule has 0 N–H and O–H groups in total. The van der Waals surface area contributed by atoms with Gasteiger partial charge in [0.25, 0.3) is 6.33 Å². The molecule has 0 aliphatic carbocycles. The van der Waals surface area contributed by atoms with Crippen LogP contribution in [-0.4, -0.2) is 14.1 Å². The first-order valence-corrected chi connectivity index (χ1v) is 24.4. The minimum atomic E-state index is -0.444. The van der Waals surface area contributed by atoms with Crippen molar-refractivity contribution < 1.29 is 16.2 Å². The third-order valence-electron chi connectivity index (χ3n) is 13.6. The summed E-state index contributed by atoms with van der Waals surface area (Å²) in [6.45, 7) is 19.8. The van der Waals surface area contributed by atoms with Gasteiger partial charge in [-0.1, -0.05) is 196 Å². The van der Waals surface area contributed by atoms with E-state index in [0.717, 1.165) is 72.2 Å². The summed E-state index contributed by atoms with van der Waals surface area (Å²) in [5, 5.41) is 2.22. The minimum Gasteiger partial charge on any atom is -0.458 e. The summed E-state index contributed by atoms with van der Waals surface area (Å²) in [7, 11) is 0. The summed E-state index contributed by atoms with van der Waals surface area (Å²) in [5.74, 6) is 2.11. The van der Waals surface area contributed by atoms with Gasteiger partial charge in [0.15, 0.2) is 0 Å². The van der Waals surface area contributed by atoms with Crippen molar-refractivity contribution in [2.45, 2.75) is 78.6 Å². The van der Waals surface area contributed by atoms with Crippen LogP contribution in [0.25, 0.3) is 83.4 Å². The maximum Gasteiger partial charge on any atom is 0.269 e. The molecule has 0 aliphatic heterocycles. The Hall–Kier alpha value is -8.02. The van der Waals surface area contributed by atoms with E-state index in [-0.39, 0.29) is 33.9 Å². The Labute approximate surface area is 425 Å². The molecule has 3 aromatic heterocycles. The molecule has 3 heterocycles. The molecule has 0 saturated heterocycles. The van der Waals surface area contributed by atoms with Crippen molar-refractivity contribution in [3.8, 4) is 62.1 Å². The Morgan fingerprint density at radius 2 is 1.15 bits per heavy atom. The Morgan fingerprint density at radius 1 is 0.493 bits per heavy atom. The zero-order valence-electron chi connectivity index (χ0n) is 46.9.